The standard InChI is InChI=1S/C33H54O5/c1-19(2)22-17-24(37)28-32(8)12-9-21-27(31(32,7)13-14-33(22,28)15-16-34)23(36)18-25-29(4,5)26(38-20(3)35)10-11-30(21,25)6/h9,19,22-28,34,36-37H,10-18H2,1-8H3/t22-,23-,24+,25-,26-,27-,28+,30+,31-,32+,33+/m0/s1. The van der Waals surface area contributed by atoms with Gasteiger partial charge in [-0.1, -0.05) is 60.1 Å². The molecular weight excluding hydrogens is 476 g/mol. The average molecular weight is 531 g/mol. The molecule has 5 nitrogen and oxygen atoms in total. The summed E-state index contributed by atoms with van der Waals surface area (Å²) >= 11 is 0. The van der Waals surface area contributed by atoms with E-state index in [4.69, 9.17) is 4.74 Å². The molecule has 38 heavy (non-hydrogen) atoms. The van der Waals surface area contributed by atoms with Crippen molar-refractivity contribution < 1.29 is 24.9 Å². The Morgan fingerprint density at radius 2 is 1.71 bits per heavy atom. The van der Waals surface area contributed by atoms with Gasteiger partial charge < -0.3 is 20.1 Å². The van der Waals surface area contributed by atoms with E-state index < -0.39 is 6.10 Å². The maximum atomic E-state index is 12.0. The van der Waals surface area contributed by atoms with Crippen LogP contribution in [0.15, 0.2) is 11.6 Å². The molecule has 5 heteroatoms. The largest absolute Gasteiger partial charge is 0.462 e. The molecule has 5 rings (SSSR count). The lowest BCUT2D eigenvalue weighted by Crippen LogP contribution is -2.66. The monoisotopic (exact) mass is 530 g/mol. The Morgan fingerprint density at radius 3 is 2.32 bits per heavy atom. The molecule has 0 saturated heterocycles. The third kappa shape index (κ3) is 3.56. The number of allylic oxidation sites excluding steroid dienone is 1. The number of aliphatic hydroxyl groups excluding tert-OH is 3. The summed E-state index contributed by atoms with van der Waals surface area (Å²) in [6.45, 7) is 18.0. The predicted octanol–water partition coefficient (Wildman–Crippen LogP) is 5.90. The van der Waals surface area contributed by atoms with Crippen molar-refractivity contribution in [3.05, 3.63) is 11.6 Å². The van der Waals surface area contributed by atoms with E-state index in [1.54, 1.807) is 0 Å². The second-order valence-electron chi connectivity index (χ2n) is 15.7. The van der Waals surface area contributed by atoms with Crippen LogP contribution in [-0.2, 0) is 9.53 Å². The van der Waals surface area contributed by atoms with Gasteiger partial charge in [0.05, 0.1) is 12.2 Å². The van der Waals surface area contributed by atoms with Crippen LogP contribution in [0.2, 0.25) is 0 Å². The lowest BCUT2D eigenvalue weighted by Gasteiger charge is -2.70. The van der Waals surface area contributed by atoms with Crippen molar-refractivity contribution in [3.63, 3.8) is 0 Å². The second-order valence-corrected chi connectivity index (χ2v) is 15.7. The summed E-state index contributed by atoms with van der Waals surface area (Å²) in [6.07, 6.45) is 8.62. The predicted molar refractivity (Wildman–Crippen MR) is 149 cm³/mol. The third-order valence-corrected chi connectivity index (χ3v) is 13.7. The number of hydrogen-bond donors (Lipinski definition) is 3. The fraction of sp³-hybridized carbons (Fsp3) is 0.909. The Balaban J connectivity index is 1.58. The van der Waals surface area contributed by atoms with Gasteiger partial charge in [0, 0.05) is 24.9 Å². The molecule has 0 radical (unpaired) electrons. The number of aliphatic hydroxyl groups is 3. The molecule has 0 bridgehead atoms. The van der Waals surface area contributed by atoms with Gasteiger partial charge in [-0.2, -0.15) is 0 Å². The minimum absolute atomic E-state index is 0.0389. The maximum absolute atomic E-state index is 12.0. The molecule has 0 heterocycles. The molecule has 216 valence electrons. The molecule has 0 aliphatic heterocycles. The number of fused-ring (bicyclic) bond motifs is 7. The van der Waals surface area contributed by atoms with Gasteiger partial charge in [-0.3, -0.25) is 4.79 Å². The summed E-state index contributed by atoms with van der Waals surface area (Å²) in [7, 11) is 0. The van der Waals surface area contributed by atoms with Gasteiger partial charge in [-0.05, 0) is 96.7 Å². The number of hydrogen-bond acceptors (Lipinski definition) is 5. The van der Waals surface area contributed by atoms with Crippen LogP contribution in [0.5, 0.6) is 0 Å². The van der Waals surface area contributed by atoms with Crippen molar-refractivity contribution in [2.75, 3.05) is 6.61 Å². The van der Waals surface area contributed by atoms with Gasteiger partial charge in [-0.25, -0.2) is 0 Å². The van der Waals surface area contributed by atoms with Gasteiger partial charge in [-0.15, -0.1) is 0 Å². The normalized spacial score (nSPS) is 51.4. The summed E-state index contributed by atoms with van der Waals surface area (Å²) in [5.41, 5.74) is 0.852. The maximum Gasteiger partial charge on any atom is 0.302 e. The summed E-state index contributed by atoms with van der Waals surface area (Å²) in [4.78, 5) is 11.9. The van der Waals surface area contributed by atoms with Crippen molar-refractivity contribution in [2.45, 2.75) is 125 Å². The highest BCUT2D eigenvalue weighted by Gasteiger charge is 2.72. The van der Waals surface area contributed by atoms with Crippen molar-refractivity contribution in [3.8, 4) is 0 Å². The first-order valence-corrected chi connectivity index (χ1v) is 15.4. The first-order valence-electron chi connectivity index (χ1n) is 15.4. The van der Waals surface area contributed by atoms with E-state index in [-0.39, 0.29) is 69.6 Å². The zero-order valence-electron chi connectivity index (χ0n) is 25.2. The first kappa shape index (κ1) is 28.6. The third-order valence-electron chi connectivity index (χ3n) is 13.7. The minimum Gasteiger partial charge on any atom is -0.462 e. The number of ether oxygens (including phenoxy) is 1. The van der Waals surface area contributed by atoms with Crippen LogP contribution in [0.4, 0.5) is 0 Å². The second kappa shape index (κ2) is 9.05. The van der Waals surface area contributed by atoms with E-state index in [9.17, 15) is 20.1 Å². The van der Waals surface area contributed by atoms with Crippen LogP contribution < -0.4 is 0 Å². The SMILES string of the molecule is CC(=O)O[C@H]1CC[C@]2(C)C3=CC[C@]4(C)[C@H]5[C@H](O)C[C@@H](C(C)C)[C@]5(CCO)CC[C@@]4(C)[C@@H]3[C@@H](O)C[C@H]2C1(C)C. The first-order chi connectivity index (χ1) is 17.6. The molecule has 0 spiro atoms. The molecule has 4 saturated carbocycles. The van der Waals surface area contributed by atoms with Gasteiger partial charge in [0.15, 0.2) is 0 Å². The zero-order chi connectivity index (χ0) is 28.1. The molecule has 3 N–H and O–H groups in total. The van der Waals surface area contributed by atoms with Crippen LogP contribution >= 0.6 is 0 Å². The molecular formula is C33H54O5. The topological polar surface area (TPSA) is 87.0 Å². The van der Waals surface area contributed by atoms with Crippen LogP contribution in [-0.4, -0.2) is 46.2 Å². The molecule has 0 aromatic heterocycles. The summed E-state index contributed by atoms with van der Waals surface area (Å²) < 4.78 is 5.83. The van der Waals surface area contributed by atoms with Crippen LogP contribution in [0.3, 0.4) is 0 Å². The number of rotatable bonds is 4. The summed E-state index contributed by atoms with van der Waals surface area (Å²) in [6, 6.07) is 0. The minimum atomic E-state index is -0.455. The molecule has 5 aliphatic rings. The molecule has 4 fully saturated rings. The molecule has 0 amide bonds. The summed E-state index contributed by atoms with van der Waals surface area (Å²) in [5, 5.41) is 34.0. The molecule has 0 aromatic rings. The smallest absolute Gasteiger partial charge is 0.302 e. The highest BCUT2D eigenvalue weighted by Crippen LogP contribution is 2.77. The number of esters is 1. The van der Waals surface area contributed by atoms with Crippen molar-refractivity contribution in [1.82, 2.24) is 0 Å². The fourth-order valence-corrected chi connectivity index (χ4v) is 12.0. The Bertz CT molecular complexity index is 986. The molecule has 11 atom stereocenters. The number of carbonyl (C=O) groups is 1. The van der Waals surface area contributed by atoms with E-state index in [0.29, 0.717) is 11.8 Å². The molecule has 0 aromatic carbocycles. The Morgan fingerprint density at radius 1 is 1.03 bits per heavy atom. The van der Waals surface area contributed by atoms with Crippen LogP contribution in [0.25, 0.3) is 0 Å². The van der Waals surface area contributed by atoms with E-state index in [2.05, 4.69) is 54.5 Å². The van der Waals surface area contributed by atoms with E-state index in [1.165, 1.54) is 12.5 Å². The van der Waals surface area contributed by atoms with Crippen molar-refractivity contribution >= 4 is 5.97 Å². The molecule has 5 aliphatic carbocycles. The van der Waals surface area contributed by atoms with Crippen molar-refractivity contribution in [1.29, 1.82) is 0 Å². The van der Waals surface area contributed by atoms with Gasteiger partial charge in [0.2, 0.25) is 0 Å². The Labute approximate surface area is 230 Å². The fourth-order valence-electron chi connectivity index (χ4n) is 12.0. The highest BCUT2D eigenvalue weighted by atomic mass is 16.5. The van der Waals surface area contributed by atoms with Crippen molar-refractivity contribution in [2.24, 2.45) is 56.7 Å². The van der Waals surface area contributed by atoms with E-state index in [1.807, 2.05) is 0 Å². The van der Waals surface area contributed by atoms with Crippen LogP contribution in [0, 0.1) is 56.7 Å². The Hall–Kier alpha value is -0.910. The molecule has 0 unspecified atom stereocenters. The van der Waals surface area contributed by atoms with Crippen LogP contribution in [0.1, 0.15) is 107 Å². The quantitative estimate of drug-likeness (QED) is 0.311. The van der Waals surface area contributed by atoms with E-state index in [0.717, 1.165) is 51.4 Å². The average Bonchev–Trinajstić information content (AvgIpc) is 3.12. The lowest BCUT2D eigenvalue weighted by atomic mass is 9.34. The van der Waals surface area contributed by atoms with Gasteiger partial charge in [0.1, 0.15) is 6.10 Å². The van der Waals surface area contributed by atoms with Gasteiger partial charge >= 0.3 is 5.97 Å². The van der Waals surface area contributed by atoms with Gasteiger partial charge in [0.25, 0.3) is 0 Å². The highest BCUT2D eigenvalue weighted by molar-refractivity contribution is 5.66. The van der Waals surface area contributed by atoms with E-state index >= 15 is 0 Å². The zero-order valence-corrected chi connectivity index (χ0v) is 25.2. The Kier molecular flexibility index (Phi) is 6.81. The number of carbonyl (C=O) groups excluding carboxylic acids is 1. The lowest BCUT2D eigenvalue weighted by molar-refractivity contribution is -0.211. The summed E-state index contributed by atoms with van der Waals surface area (Å²) in [5.74, 6) is 1.10.